The van der Waals surface area contributed by atoms with Crippen molar-refractivity contribution in [1.82, 2.24) is 10.7 Å². The maximum absolute atomic E-state index is 13.1. The van der Waals surface area contributed by atoms with Crippen LogP contribution in [-0.4, -0.2) is 37.8 Å². The Bertz CT molecular complexity index is 964. The van der Waals surface area contributed by atoms with Crippen molar-refractivity contribution < 1.29 is 23.5 Å². The molecule has 0 spiro atoms. The van der Waals surface area contributed by atoms with E-state index >= 15 is 0 Å². The first-order valence-electron chi connectivity index (χ1n) is 10.2. The van der Waals surface area contributed by atoms with Crippen molar-refractivity contribution in [2.24, 2.45) is 11.0 Å². The van der Waals surface area contributed by atoms with Crippen LogP contribution in [0.4, 0.5) is 4.39 Å². The number of nitrogens with zero attached hydrogens (tertiary/aromatic N) is 1. The van der Waals surface area contributed by atoms with E-state index in [1.54, 1.807) is 33.1 Å². The van der Waals surface area contributed by atoms with Crippen molar-refractivity contribution in [3.63, 3.8) is 0 Å². The Hall–Kier alpha value is -2.94. The number of carbonyl (C=O) groups is 2. The Kier molecular flexibility index (Phi) is 9.64. The molecule has 2 rings (SSSR count). The second-order valence-corrected chi connectivity index (χ2v) is 8.17. The summed E-state index contributed by atoms with van der Waals surface area (Å²) in [4.78, 5) is 25.0. The average molecular weight is 508 g/mol. The number of nitrogens with one attached hydrogen (secondary N) is 2. The molecule has 7 nitrogen and oxygen atoms in total. The van der Waals surface area contributed by atoms with Crippen LogP contribution in [-0.2, 0) is 4.79 Å². The van der Waals surface area contributed by atoms with E-state index in [2.05, 4.69) is 31.8 Å². The Balaban J connectivity index is 2.07. The second kappa shape index (κ2) is 12.2. The Labute approximate surface area is 195 Å². The van der Waals surface area contributed by atoms with Gasteiger partial charge in [-0.15, -0.1) is 0 Å². The van der Waals surface area contributed by atoms with Crippen LogP contribution < -0.4 is 20.2 Å². The number of halogens is 2. The van der Waals surface area contributed by atoms with Crippen molar-refractivity contribution >= 4 is 34.0 Å². The molecule has 9 heteroatoms. The highest BCUT2D eigenvalue weighted by Gasteiger charge is 2.24. The highest BCUT2D eigenvalue weighted by Crippen LogP contribution is 2.36. The molecule has 0 aliphatic rings. The van der Waals surface area contributed by atoms with Crippen LogP contribution in [0.2, 0.25) is 0 Å². The van der Waals surface area contributed by atoms with E-state index in [4.69, 9.17) is 9.47 Å². The number of methoxy groups -OCH3 is 1. The monoisotopic (exact) mass is 507 g/mol. The zero-order valence-corrected chi connectivity index (χ0v) is 20.0. The fourth-order valence-electron chi connectivity index (χ4n) is 2.76. The Morgan fingerprint density at radius 2 is 1.91 bits per heavy atom. The van der Waals surface area contributed by atoms with E-state index in [-0.39, 0.29) is 11.5 Å². The molecule has 0 saturated carbocycles. The normalized spacial score (nSPS) is 12.0. The van der Waals surface area contributed by atoms with E-state index in [0.29, 0.717) is 28.1 Å². The van der Waals surface area contributed by atoms with Gasteiger partial charge in [-0.3, -0.25) is 9.59 Å². The van der Waals surface area contributed by atoms with Crippen LogP contribution in [0, 0.1) is 11.7 Å². The lowest BCUT2D eigenvalue weighted by Crippen LogP contribution is -2.48. The molecule has 2 aromatic carbocycles. The van der Waals surface area contributed by atoms with Crippen LogP contribution in [0.15, 0.2) is 46.0 Å². The average Bonchev–Trinajstić information content (AvgIpc) is 2.76. The van der Waals surface area contributed by atoms with E-state index in [1.807, 2.05) is 6.92 Å². The summed E-state index contributed by atoms with van der Waals surface area (Å²) in [7, 11) is 1.54. The SMILES string of the molecule is CCCOc1c(Br)cc(C=NNC(=O)C(NC(=O)c2ccc(F)cc2)C(C)C)cc1OC. The Morgan fingerprint density at radius 1 is 1.22 bits per heavy atom. The molecule has 2 amide bonds. The van der Waals surface area contributed by atoms with Crippen molar-refractivity contribution in [3.8, 4) is 11.5 Å². The summed E-state index contributed by atoms with van der Waals surface area (Å²) >= 11 is 3.46. The molecule has 0 saturated heterocycles. The minimum atomic E-state index is -0.823. The van der Waals surface area contributed by atoms with Gasteiger partial charge in [0, 0.05) is 5.56 Å². The van der Waals surface area contributed by atoms with Crippen LogP contribution >= 0.6 is 15.9 Å². The molecule has 0 heterocycles. The zero-order valence-electron chi connectivity index (χ0n) is 18.4. The smallest absolute Gasteiger partial charge is 0.262 e. The molecule has 1 atom stereocenters. The number of rotatable bonds is 10. The van der Waals surface area contributed by atoms with Gasteiger partial charge in [-0.25, -0.2) is 9.82 Å². The Morgan fingerprint density at radius 3 is 2.50 bits per heavy atom. The van der Waals surface area contributed by atoms with Gasteiger partial charge in [-0.1, -0.05) is 20.8 Å². The first-order valence-corrected chi connectivity index (χ1v) is 11.0. The predicted molar refractivity (Wildman–Crippen MR) is 125 cm³/mol. The van der Waals surface area contributed by atoms with Gasteiger partial charge in [0.15, 0.2) is 11.5 Å². The molecular weight excluding hydrogens is 481 g/mol. The quantitative estimate of drug-likeness (QED) is 0.370. The number of benzene rings is 2. The van der Waals surface area contributed by atoms with Gasteiger partial charge in [0.2, 0.25) is 0 Å². The molecule has 0 aliphatic heterocycles. The predicted octanol–water partition coefficient (Wildman–Crippen LogP) is 4.29. The summed E-state index contributed by atoms with van der Waals surface area (Å²) in [6.07, 6.45) is 2.33. The number of amides is 2. The highest BCUT2D eigenvalue weighted by molar-refractivity contribution is 9.10. The molecule has 0 aliphatic carbocycles. The lowest BCUT2D eigenvalue weighted by molar-refractivity contribution is -0.123. The summed E-state index contributed by atoms with van der Waals surface area (Å²) < 4.78 is 24.8. The maximum Gasteiger partial charge on any atom is 0.262 e. The van der Waals surface area contributed by atoms with Crippen molar-refractivity contribution in [2.75, 3.05) is 13.7 Å². The van der Waals surface area contributed by atoms with E-state index in [0.717, 1.165) is 6.42 Å². The molecule has 0 bridgehead atoms. The summed E-state index contributed by atoms with van der Waals surface area (Å²) in [5.74, 6) is -0.452. The molecule has 0 radical (unpaired) electrons. The number of hydrogen-bond acceptors (Lipinski definition) is 5. The van der Waals surface area contributed by atoms with Gasteiger partial charge >= 0.3 is 0 Å². The van der Waals surface area contributed by atoms with Crippen LogP contribution in [0.1, 0.15) is 43.1 Å². The largest absolute Gasteiger partial charge is 0.493 e. The van der Waals surface area contributed by atoms with Crippen LogP contribution in [0.25, 0.3) is 0 Å². The number of hydrogen-bond donors (Lipinski definition) is 2. The maximum atomic E-state index is 13.1. The third-order valence-electron chi connectivity index (χ3n) is 4.43. The lowest BCUT2D eigenvalue weighted by Gasteiger charge is -2.20. The fourth-order valence-corrected chi connectivity index (χ4v) is 3.33. The van der Waals surface area contributed by atoms with Gasteiger partial charge in [0.1, 0.15) is 11.9 Å². The van der Waals surface area contributed by atoms with Crippen molar-refractivity contribution in [1.29, 1.82) is 0 Å². The highest BCUT2D eigenvalue weighted by atomic mass is 79.9. The van der Waals surface area contributed by atoms with Gasteiger partial charge < -0.3 is 14.8 Å². The number of hydrazone groups is 1. The fraction of sp³-hybridized carbons (Fsp3) is 0.348. The van der Waals surface area contributed by atoms with E-state index in [1.165, 1.54) is 30.5 Å². The molecule has 2 N–H and O–H groups in total. The summed E-state index contributed by atoms with van der Waals surface area (Å²) in [5, 5.41) is 6.67. The molecule has 0 aromatic heterocycles. The third kappa shape index (κ3) is 7.05. The van der Waals surface area contributed by atoms with Gasteiger partial charge in [0.05, 0.1) is 24.4 Å². The van der Waals surface area contributed by atoms with Crippen molar-refractivity contribution in [3.05, 3.63) is 57.8 Å². The van der Waals surface area contributed by atoms with Gasteiger partial charge in [-0.05, 0) is 70.2 Å². The van der Waals surface area contributed by atoms with Crippen LogP contribution in [0.5, 0.6) is 11.5 Å². The minimum Gasteiger partial charge on any atom is -0.493 e. The van der Waals surface area contributed by atoms with E-state index in [9.17, 15) is 14.0 Å². The topological polar surface area (TPSA) is 89.0 Å². The molecule has 1 unspecified atom stereocenters. The third-order valence-corrected chi connectivity index (χ3v) is 5.02. The molecule has 172 valence electrons. The minimum absolute atomic E-state index is 0.196. The second-order valence-electron chi connectivity index (χ2n) is 7.32. The molecule has 2 aromatic rings. The number of ether oxygens (including phenoxy) is 2. The summed E-state index contributed by atoms with van der Waals surface area (Å²) in [5.41, 5.74) is 3.39. The summed E-state index contributed by atoms with van der Waals surface area (Å²) in [6, 6.07) is 7.80. The first-order chi connectivity index (χ1) is 15.3. The van der Waals surface area contributed by atoms with Gasteiger partial charge in [0.25, 0.3) is 11.8 Å². The van der Waals surface area contributed by atoms with Gasteiger partial charge in [-0.2, -0.15) is 5.10 Å². The summed E-state index contributed by atoms with van der Waals surface area (Å²) in [6.45, 7) is 6.17. The van der Waals surface area contributed by atoms with Crippen molar-refractivity contribution in [2.45, 2.75) is 33.2 Å². The van der Waals surface area contributed by atoms with E-state index < -0.39 is 23.7 Å². The first kappa shape index (κ1) is 25.3. The molecule has 32 heavy (non-hydrogen) atoms. The lowest BCUT2D eigenvalue weighted by atomic mass is 10.0. The standard InChI is InChI=1S/C23H27BrFN3O4/c1-5-10-32-21-18(24)11-15(12-19(21)31-4)13-26-28-23(30)20(14(2)3)27-22(29)16-6-8-17(25)9-7-16/h6-9,11-14,20H,5,10H2,1-4H3,(H,27,29)(H,28,30). The van der Waals surface area contributed by atoms with Crippen LogP contribution in [0.3, 0.4) is 0 Å². The number of carbonyl (C=O) groups excluding carboxylic acids is 2. The zero-order chi connectivity index (χ0) is 23.7. The molecule has 0 fully saturated rings. The molecular formula is C23H27BrFN3O4.